The highest BCUT2D eigenvalue weighted by Crippen LogP contribution is 2.29. The third-order valence-electron chi connectivity index (χ3n) is 4.43. The molecule has 122 valence electrons. The molecule has 0 unspecified atom stereocenters. The molecule has 0 atom stereocenters. The van der Waals surface area contributed by atoms with Crippen LogP contribution in [0.2, 0.25) is 0 Å². The van der Waals surface area contributed by atoms with Gasteiger partial charge < -0.3 is 4.57 Å². The molecule has 0 spiro atoms. The normalized spacial score (nSPS) is 11.7. The summed E-state index contributed by atoms with van der Waals surface area (Å²) in [5.74, 6) is 1.07. The number of imidazole rings is 1. The van der Waals surface area contributed by atoms with E-state index in [0.29, 0.717) is 5.56 Å². The Morgan fingerprint density at radius 3 is 2.46 bits per heavy atom. The second kappa shape index (κ2) is 5.79. The Balaban J connectivity index is 2.20. The summed E-state index contributed by atoms with van der Waals surface area (Å²) in [4.78, 5) is 4.92. The van der Waals surface area contributed by atoms with Gasteiger partial charge >= 0.3 is 0 Å². The number of aromatic nitrogens is 2. The first-order chi connectivity index (χ1) is 11.3. The van der Waals surface area contributed by atoms with Crippen molar-refractivity contribution >= 4 is 11.0 Å². The number of aryl methyl sites for hydroxylation is 2. The number of rotatable bonds is 2. The van der Waals surface area contributed by atoms with Gasteiger partial charge in [0.1, 0.15) is 5.82 Å². The molecule has 0 saturated carbocycles. The highest BCUT2D eigenvalue weighted by atomic mass is 15.1. The lowest BCUT2D eigenvalue weighted by atomic mass is 9.95. The smallest absolute Gasteiger partial charge is 0.115 e. The quantitative estimate of drug-likeness (QED) is 0.676. The molecule has 3 aromatic rings. The van der Waals surface area contributed by atoms with Crippen LogP contribution in [-0.4, -0.2) is 9.55 Å². The molecule has 0 fully saturated rings. The van der Waals surface area contributed by atoms with E-state index in [4.69, 9.17) is 10.2 Å². The second-order valence-electron chi connectivity index (χ2n) is 7.51. The minimum atomic E-state index is -0.0479. The maximum absolute atomic E-state index is 9.14. The molecule has 0 radical (unpaired) electrons. The predicted octanol–water partition coefficient (Wildman–Crippen LogP) is 4.87. The van der Waals surface area contributed by atoms with Crippen LogP contribution >= 0.6 is 0 Å². The maximum atomic E-state index is 9.14. The van der Waals surface area contributed by atoms with Gasteiger partial charge in [-0.25, -0.2) is 4.98 Å². The van der Waals surface area contributed by atoms with Crippen LogP contribution in [0.5, 0.6) is 0 Å². The van der Waals surface area contributed by atoms with Crippen molar-refractivity contribution in [2.45, 2.75) is 46.6 Å². The van der Waals surface area contributed by atoms with Crippen LogP contribution in [0.25, 0.3) is 11.0 Å². The van der Waals surface area contributed by atoms with E-state index in [-0.39, 0.29) is 5.41 Å². The Labute approximate surface area is 143 Å². The Bertz CT molecular complexity index is 950. The lowest BCUT2D eigenvalue weighted by Crippen LogP contribution is -2.19. The fourth-order valence-electron chi connectivity index (χ4n) is 3.03. The van der Waals surface area contributed by atoms with Gasteiger partial charge in [0.05, 0.1) is 22.7 Å². The molecule has 0 saturated heterocycles. The Kier molecular flexibility index (Phi) is 3.93. The van der Waals surface area contributed by atoms with E-state index in [9.17, 15) is 0 Å². The molecule has 3 rings (SSSR count). The van der Waals surface area contributed by atoms with E-state index < -0.39 is 0 Å². The van der Waals surface area contributed by atoms with E-state index in [2.05, 4.69) is 63.5 Å². The van der Waals surface area contributed by atoms with E-state index >= 15 is 0 Å². The van der Waals surface area contributed by atoms with Gasteiger partial charge in [0, 0.05) is 12.0 Å². The summed E-state index contributed by atoms with van der Waals surface area (Å²) >= 11 is 0. The minimum Gasteiger partial charge on any atom is -0.323 e. The van der Waals surface area contributed by atoms with Crippen molar-refractivity contribution < 1.29 is 0 Å². The average Bonchev–Trinajstić information content (AvgIpc) is 2.86. The molecular weight excluding hydrogens is 294 g/mol. The first-order valence-electron chi connectivity index (χ1n) is 8.26. The van der Waals surface area contributed by atoms with E-state index in [1.165, 1.54) is 11.1 Å². The van der Waals surface area contributed by atoms with Crippen LogP contribution in [0.1, 0.15) is 48.8 Å². The monoisotopic (exact) mass is 317 g/mol. The number of fused-ring (bicyclic) bond motifs is 1. The standard InChI is InChI=1S/C21H23N3/c1-14-9-18-19(10-15(14)2)24(20(23-18)21(3,4)5)13-17-8-6-7-16(11-17)12-22/h6-11H,13H2,1-5H3. The SMILES string of the molecule is Cc1cc2nc(C(C)(C)C)n(Cc3cccc(C#N)c3)c2cc1C. The average molecular weight is 317 g/mol. The molecule has 0 N–H and O–H groups in total. The molecule has 0 aliphatic rings. The second-order valence-corrected chi connectivity index (χ2v) is 7.51. The highest BCUT2D eigenvalue weighted by molar-refractivity contribution is 5.78. The number of hydrogen-bond donors (Lipinski definition) is 0. The summed E-state index contributed by atoms with van der Waals surface area (Å²) in [5.41, 5.74) is 6.50. The molecule has 0 aliphatic carbocycles. The van der Waals surface area contributed by atoms with Gasteiger partial charge in [-0.3, -0.25) is 0 Å². The molecule has 3 heteroatoms. The van der Waals surface area contributed by atoms with Crippen LogP contribution in [0.15, 0.2) is 36.4 Å². The van der Waals surface area contributed by atoms with Gasteiger partial charge in [-0.05, 0) is 54.8 Å². The van der Waals surface area contributed by atoms with Crippen LogP contribution < -0.4 is 0 Å². The molecule has 0 bridgehead atoms. The lowest BCUT2D eigenvalue weighted by molar-refractivity contribution is 0.516. The molecule has 0 amide bonds. The van der Waals surface area contributed by atoms with Crippen LogP contribution in [0.4, 0.5) is 0 Å². The van der Waals surface area contributed by atoms with E-state index in [1.807, 2.05) is 18.2 Å². The fraction of sp³-hybridized carbons (Fsp3) is 0.333. The molecule has 24 heavy (non-hydrogen) atoms. The van der Waals surface area contributed by atoms with Crippen LogP contribution in [0, 0.1) is 25.2 Å². The number of benzene rings is 2. The van der Waals surface area contributed by atoms with E-state index in [1.54, 1.807) is 0 Å². The van der Waals surface area contributed by atoms with Crippen molar-refractivity contribution in [1.82, 2.24) is 9.55 Å². The maximum Gasteiger partial charge on any atom is 0.115 e. The molecule has 0 aliphatic heterocycles. The third-order valence-corrected chi connectivity index (χ3v) is 4.43. The predicted molar refractivity (Wildman–Crippen MR) is 98.2 cm³/mol. The minimum absolute atomic E-state index is 0.0479. The molecule has 2 aromatic carbocycles. The first kappa shape index (κ1) is 16.3. The van der Waals surface area contributed by atoms with E-state index in [0.717, 1.165) is 29.0 Å². The van der Waals surface area contributed by atoms with Crippen molar-refractivity contribution in [3.05, 3.63) is 64.5 Å². The molecule has 1 heterocycles. The Hall–Kier alpha value is -2.60. The first-order valence-corrected chi connectivity index (χ1v) is 8.26. The highest BCUT2D eigenvalue weighted by Gasteiger charge is 2.23. The summed E-state index contributed by atoms with van der Waals surface area (Å²) in [6, 6.07) is 14.4. The summed E-state index contributed by atoms with van der Waals surface area (Å²) < 4.78 is 2.29. The third kappa shape index (κ3) is 2.92. The van der Waals surface area contributed by atoms with Gasteiger partial charge in [0.2, 0.25) is 0 Å². The van der Waals surface area contributed by atoms with Gasteiger partial charge in [-0.15, -0.1) is 0 Å². The molecular formula is C21H23N3. The summed E-state index contributed by atoms with van der Waals surface area (Å²) in [7, 11) is 0. The van der Waals surface area contributed by atoms with Crippen molar-refractivity contribution in [1.29, 1.82) is 5.26 Å². The number of nitrogens with zero attached hydrogens (tertiary/aromatic N) is 3. The van der Waals surface area contributed by atoms with Crippen molar-refractivity contribution in [2.75, 3.05) is 0 Å². The van der Waals surface area contributed by atoms with Crippen molar-refractivity contribution in [3.8, 4) is 6.07 Å². The van der Waals surface area contributed by atoms with Crippen LogP contribution in [0.3, 0.4) is 0 Å². The van der Waals surface area contributed by atoms with Gasteiger partial charge in [0.15, 0.2) is 0 Å². The van der Waals surface area contributed by atoms with Gasteiger partial charge in [-0.1, -0.05) is 32.9 Å². The molecule has 1 aromatic heterocycles. The zero-order valence-electron chi connectivity index (χ0n) is 15.0. The zero-order valence-corrected chi connectivity index (χ0v) is 15.0. The topological polar surface area (TPSA) is 41.6 Å². The summed E-state index contributed by atoms with van der Waals surface area (Å²) in [6.45, 7) is 11.6. The Morgan fingerprint density at radius 2 is 1.79 bits per heavy atom. The summed E-state index contributed by atoms with van der Waals surface area (Å²) in [5, 5.41) is 9.14. The van der Waals surface area contributed by atoms with Crippen molar-refractivity contribution in [2.24, 2.45) is 0 Å². The lowest BCUT2D eigenvalue weighted by Gasteiger charge is -2.20. The number of hydrogen-bond acceptors (Lipinski definition) is 2. The molecule has 3 nitrogen and oxygen atoms in total. The van der Waals surface area contributed by atoms with Gasteiger partial charge in [0.25, 0.3) is 0 Å². The largest absolute Gasteiger partial charge is 0.323 e. The number of nitriles is 1. The Morgan fingerprint density at radius 1 is 1.08 bits per heavy atom. The fourth-order valence-corrected chi connectivity index (χ4v) is 3.03. The van der Waals surface area contributed by atoms with Crippen molar-refractivity contribution in [3.63, 3.8) is 0 Å². The van der Waals surface area contributed by atoms with Crippen LogP contribution in [-0.2, 0) is 12.0 Å². The van der Waals surface area contributed by atoms with Gasteiger partial charge in [-0.2, -0.15) is 5.26 Å². The zero-order chi connectivity index (χ0) is 17.5. The summed E-state index contributed by atoms with van der Waals surface area (Å²) in [6.07, 6.45) is 0.